The first kappa shape index (κ1) is 14.8. The molecule has 0 saturated heterocycles. The van der Waals surface area contributed by atoms with E-state index in [4.69, 9.17) is 0 Å². The Balaban J connectivity index is 0.000000293. The summed E-state index contributed by atoms with van der Waals surface area (Å²) in [5.41, 5.74) is 0. The molecule has 0 N–H and O–H groups in total. The Morgan fingerprint density at radius 3 is 2.19 bits per heavy atom. The van der Waals surface area contributed by atoms with E-state index in [1.165, 1.54) is 6.42 Å². The molecule has 0 fully saturated rings. The van der Waals surface area contributed by atoms with E-state index in [2.05, 4.69) is 42.6 Å². The normalized spacial score (nSPS) is 10.1. The summed E-state index contributed by atoms with van der Waals surface area (Å²) in [5, 5.41) is 0. The quantitative estimate of drug-likeness (QED) is 0.452. The Morgan fingerprint density at radius 1 is 1.31 bits per heavy atom. The predicted octanol–water partition coefficient (Wildman–Crippen LogP) is 1.10. The van der Waals surface area contributed by atoms with Crippen LogP contribution in [-0.2, 0) is 16.7 Å². The van der Waals surface area contributed by atoms with E-state index < -0.39 is 15.9 Å². The zero-order chi connectivity index (χ0) is 12.4. The first-order valence-corrected chi connectivity index (χ1v) is 6.56. The van der Waals surface area contributed by atoms with Crippen molar-refractivity contribution in [2.45, 2.75) is 19.9 Å². The van der Waals surface area contributed by atoms with Crippen molar-refractivity contribution in [3.63, 3.8) is 0 Å². The first-order valence-electron chi connectivity index (χ1n) is 4.98. The molecule has 16 heavy (non-hydrogen) atoms. The second-order valence-electron chi connectivity index (χ2n) is 3.13. The van der Waals surface area contributed by atoms with Crippen molar-refractivity contribution < 1.29 is 17.5 Å². The summed E-state index contributed by atoms with van der Waals surface area (Å²) in [6, 6.07) is 6.14. The number of nitrogens with zero attached hydrogens (tertiary/aromatic N) is 1. The zero-order valence-electron chi connectivity index (χ0n) is 9.37. The molecule has 0 amide bonds. The average Bonchev–Trinajstić information content (AvgIpc) is 2.19. The van der Waals surface area contributed by atoms with Gasteiger partial charge in [0.25, 0.3) is 0 Å². The first-order chi connectivity index (χ1) is 7.49. The second-order valence-corrected chi connectivity index (χ2v) is 4.58. The maximum atomic E-state index is 9.60. The molecular weight excluding hydrogens is 226 g/mol. The molecule has 5 heteroatoms. The number of rotatable bonds is 4. The van der Waals surface area contributed by atoms with Crippen LogP contribution in [0.1, 0.15) is 13.3 Å². The van der Waals surface area contributed by atoms with Gasteiger partial charge in [0.2, 0.25) is 0 Å². The van der Waals surface area contributed by atoms with Gasteiger partial charge in [-0.05, 0) is 0 Å². The molecule has 1 rings (SSSR count). The Labute approximate surface area is 97.0 Å². The molecule has 4 nitrogen and oxygen atoms in total. The second kappa shape index (κ2) is 8.01. The molecule has 0 radical (unpaired) electrons. The van der Waals surface area contributed by atoms with Crippen molar-refractivity contribution >= 4 is 10.1 Å². The summed E-state index contributed by atoms with van der Waals surface area (Å²) < 4.78 is 31.0. The minimum Gasteiger partial charge on any atom is -0.748 e. The van der Waals surface area contributed by atoms with E-state index in [1.807, 2.05) is 6.07 Å². The van der Waals surface area contributed by atoms with Crippen LogP contribution in [0.25, 0.3) is 0 Å². The topological polar surface area (TPSA) is 61.1 Å². The molecule has 1 heterocycles. The van der Waals surface area contributed by atoms with Gasteiger partial charge in [0.1, 0.15) is 6.54 Å². The van der Waals surface area contributed by atoms with Gasteiger partial charge in [-0.2, -0.15) is 0 Å². The third kappa shape index (κ3) is 9.36. The van der Waals surface area contributed by atoms with Crippen LogP contribution in [0.5, 0.6) is 0 Å². The molecule has 0 aliphatic carbocycles. The van der Waals surface area contributed by atoms with Gasteiger partial charge in [-0.25, -0.2) is 13.0 Å². The number of aromatic nitrogens is 1. The lowest BCUT2D eigenvalue weighted by Crippen LogP contribution is -2.31. The predicted molar refractivity (Wildman–Crippen MR) is 61.7 cm³/mol. The number of hydrogen-bond donors (Lipinski definition) is 0. The maximum Gasteiger partial charge on any atom is 0.168 e. The van der Waals surface area contributed by atoms with E-state index >= 15 is 0 Å². The molecule has 0 bridgehead atoms. The van der Waals surface area contributed by atoms with E-state index in [9.17, 15) is 13.0 Å². The fourth-order valence-corrected chi connectivity index (χ4v) is 1.27. The summed E-state index contributed by atoms with van der Waals surface area (Å²) in [6.07, 6.45) is 6.43. The van der Waals surface area contributed by atoms with E-state index in [1.54, 1.807) is 0 Å². The molecule has 90 valence electrons. The average molecular weight is 243 g/mol. The van der Waals surface area contributed by atoms with Crippen molar-refractivity contribution in [3.05, 3.63) is 43.2 Å². The maximum absolute atomic E-state index is 9.60. The summed E-state index contributed by atoms with van der Waals surface area (Å²) in [6.45, 7) is 6.37. The minimum absolute atomic E-state index is 0.479. The largest absolute Gasteiger partial charge is 0.748 e. The lowest BCUT2D eigenvalue weighted by atomic mass is 10.4. The van der Waals surface area contributed by atoms with Crippen molar-refractivity contribution in [1.29, 1.82) is 0 Å². The summed E-state index contributed by atoms with van der Waals surface area (Å²) in [5.74, 6) is -0.479. The highest BCUT2D eigenvalue weighted by Crippen LogP contribution is 1.79. The number of hydrogen-bond acceptors (Lipinski definition) is 3. The highest BCUT2D eigenvalue weighted by atomic mass is 32.2. The van der Waals surface area contributed by atoms with Gasteiger partial charge >= 0.3 is 0 Å². The van der Waals surface area contributed by atoms with Crippen LogP contribution in [0, 0.1) is 0 Å². The van der Waals surface area contributed by atoms with Crippen LogP contribution >= 0.6 is 0 Å². The molecule has 1 aromatic rings. The summed E-state index contributed by atoms with van der Waals surface area (Å²) in [4.78, 5) is 0. The number of aryl methyl sites for hydroxylation is 1. The molecule has 0 aliphatic rings. The molecule has 0 unspecified atom stereocenters. The smallest absolute Gasteiger partial charge is 0.168 e. The molecule has 0 aliphatic heterocycles. The van der Waals surface area contributed by atoms with Crippen molar-refractivity contribution in [2.24, 2.45) is 0 Å². The van der Waals surface area contributed by atoms with Crippen molar-refractivity contribution in [1.82, 2.24) is 0 Å². The molecule has 0 saturated carbocycles. The van der Waals surface area contributed by atoms with Gasteiger partial charge < -0.3 is 4.55 Å². The van der Waals surface area contributed by atoms with Crippen LogP contribution in [0.15, 0.2) is 43.2 Å². The van der Waals surface area contributed by atoms with Crippen molar-refractivity contribution in [2.75, 3.05) is 5.75 Å². The Hall–Kier alpha value is -1.20. The van der Waals surface area contributed by atoms with Gasteiger partial charge in [-0.1, -0.05) is 19.1 Å². The van der Waals surface area contributed by atoms with Gasteiger partial charge in [-0.15, -0.1) is 6.58 Å². The Morgan fingerprint density at radius 2 is 1.88 bits per heavy atom. The fourth-order valence-electron chi connectivity index (χ4n) is 0.986. The Kier molecular flexibility index (Phi) is 7.41. The highest BCUT2D eigenvalue weighted by Gasteiger charge is 1.90. The van der Waals surface area contributed by atoms with Crippen LogP contribution in [0.2, 0.25) is 0 Å². The number of pyridine rings is 1. The van der Waals surface area contributed by atoms with Gasteiger partial charge in [0.05, 0.1) is 15.9 Å². The van der Waals surface area contributed by atoms with Gasteiger partial charge in [0.15, 0.2) is 12.4 Å². The highest BCUT2D eigenvalue weighted by molar-refractivity contribution is 7.85. The Bertz CT molecular complexity index is 387. The summed E-state index contributed by atoms with van der Waals surface area (Å²) in [7, 11) is -4.04. The monoisotopic (exact) mass is 243 g/mol. The van der Waals surface area contributed by atoms with E-state index in [0.29, 0.717) is 0 Å². The minimum atomic E-state index is -4.04. The third-order valence-electron chi connectivity index (χ3n) is 1.58. The van der Waals surface area contributed by atoms with Gasteiger partial charge in [-0.3, -0.25) is 0 Å². The molecule has 0 spiro atoms. The van der Waals surface area contributed by atoms with Crippen molar-refractivity contribution in [3.8, 4) is 0 Å². The van der Waals surface area contributed by atoms with Crippen LogP contribution < -0.4 is 4.57 Å². The van der Waals surface area contributed by atoms with Crippen LogP contribution in [0.4, 0.5) is 0 Å². The lowest BCUT2D eigenvalue weighted by molar-refractivity contribution is -0.697. The molecule has 1 aromatic heterocycles. The van der Waals surface area contributed by atoms with Crippen LogP contribution in [-0.4, -0.2) is 18.7 Å². The fraction of sp³-hybridized carbons (Fsp3) is 0.364. The lowest BCUT2D eigenvalue weighted by Gasteiger charge is -1.98. The molecule has 0 atom stereocenters. The van der Waals surface area contributed by atoms with E-state index in [0.717, 1.165) is 12.6 Å². The summed E-state index contributed by atoms with van der Waals surface area (Å²) >= 11 is 0. The van der Waals surface area contributed by atoms with Gasteiger partial charge in [0, 0.05) is 18.6 Å². The third-order valence-corrected chi connectivity index (χ3v) is 2.23. The van der Waals surface area contributed by atoms with E-state index in [-0.39, 0.29) is 0 Å². The molecular formula is C11H17NO3S. The zero-order valence-corrected chi connectivity index (χ0v) is 10.2. The molecule has 0 aromatic carbocycles. The SMILES string of the molecule is C=CCS(=O)(=O)[O-].CCC[n+]1ccccc1. The van der Waals surface area contributed by atoms with Crippen LogP contribution in [0.3, 0.4) is 0 Å². The standard InChI is InChI=1S/C8H12N.C3H6O3S/c1-2-6-9-7-4-3-5-8-9;1-2-3-7(4,5)6/h3-5,7-8H,2,6H2,1H3;2H,1,3H2,(H,4,5,6)/q+1;/p-1.